The number of aromatic amines is 1. The fraction of sp³-hybridized carbons (Fsp3) is 0.150. The molecule has 1 aliphatic heterocycles. The van der Waals surface area contributed by atoms with Crippen LogP contribution in [0.2, 0.25) is 0 Å². The zero-order chi connectivity index (χ0) is 19.0. The van der Waals surface area contributed by atoms with E-state index in [0.717, 1.165) is 27.2 Å². The van der Waals surface area contributed by atoms with E-state index in [-0.39, 0.29) is 17.1 Å². The third-order valence-electron chi connectivity index (χ3n) is 4.30. The van der Waals surface area contributed by atoms with Gasteiger partial charge in [0.25, 0.3) is 0 Å². The van der Waals surface area contributed by atoms with Crippen molar-refractivity contribution >= 4 is 46.0 Å². The van der Waals surface area contributed by atoms with Crippen molar-refractivity contribution in [2.45, 2.75) is 17.0 Å². The lowest BCUT2D eigenvalue weighted by Crippen LogP contribution is -2.16. The number of fused-ring (bicyclic) bond motifs is 2. The minimum Gasteiger partial charge on any atom is -0.337 e. The van der Waals surface area contributed by atoms with Crippen molar-refractivity contribution in [2.24, 2.45) is 0 Å². The Hall–Kier alpha value is -2.69. The number of imidazole rings is 1. The lowest BCUT2D eigenvalue weighted by Gasteiger charge is -2.14. The monoisotopic (exact) mass is 392 g/mol. The number of aryl methyl sites for hydroxylation is 1. The van der Waals surface area contributed by atoms with E-state index in [4.69, 9.17) is 0 Å². The SMILES string of the molecule is Cc1ccc2nc(SCC(=O)/C(C#N)=C3\Sc4ccccc4N3C)[nH]c2c1. The number of benzene rings is 2. The molecule has 0 saturated heterocycles. The Labute approximate surface area is 165 Å². The third-order valence-corrected chi connectivity index (χ3v) is 6.41. The number of nitriles is 1. The topological polar surface area (TPSA) is 72.8 Å². The third kappa shape index (κ3) is 3.34. The summed E-state index contributed by atoms with van der Waals surface area (Å²) in [5, 5.41) is 11.0. The molecular formula is C20H16N4OS2. The highest BCUT2D eigenvalue weighted by molar-refractivity contribution is 8.03. The van der Waals surface area contributed by atoms with Crippen molar-refractivity contribution in [3.8, 4) is 6.07 Å². The maximum atomic E-state index is 12.7. The molecule has 7 heteroatoms. The van der Waals surface area contributed by atoms with Gasteiger partial charge in [0.1, 0.15) is 16.7 Å². The minimum absolute atomic E-state index is 0.163. The number of nitrogens with one attached hydrogen (secondary N) is 1. The number of allylic oxidation sites excluding steroid dienone is 1. The Morgan fingerprint density at radius 3 is 2.93 bits per heavy atom. The highest BCUT2D eigenvalue weighted by atomic mass is 32.2. The molecule has 0 saturated carbocycles. The van der Waals surface area contributed by atoms with Gasteiger partial charge < -0.3 is 9.88 Å². The van der Waals surface area contributed by atoms with Crippen LogP contribution in [0.5, 0.6) is 0 Å². The van der Waals surface area contributed by atoms with Crippen LogP contribution in [-0.4, -0.2) is 28.6 Å². The predicted octanol–water partition coefficient (Wildman–Crippen LogP) is 4.51. The molecule has 5 nitrogen and oxygen atoms in total. The summed E-state index contributed by atoms with van der Waals surface area (Å²) in [6, 6.07) is 16.0. The molecular weight excluding hydrogens is 376 g/mol. The second kappa shape index (κ2) is 7.14. The molecule has 0 fully saturated rings. The second-order valence-corrected chi connectivity index (χ2v) is 8.19. The molecule has 4 rings (SSSR count). The average molecular weight is 393 g/mol. The number of thioether (sulfide) groups is 2. The predicted molar refractivity (Wildman–Crippen MR) is 110 cm³/mol. The van der Waals surface area contributed by atoms with Crippen LogP contribution in [0.1, 0.15) is 5.56 Å². The Balaban J connectivity index is 1.54. The van der Waals surface area contributed by atoms with Gasteiger partial charge in [-0.15, -0.1) is 0 Å². The fourth-order valence-corrected chi connectivity index (χ4v) is 4.84. The second-order valence-electron chi connectivity index (χ2n) is 6.20. The molecule has 0 radical (unpaired) electrons. The summed E-state index contributed by atoms with van der Waals surface area (Å²) in [4.78, 5) is 23.4. The van der Waals surface area contributed by atoms with Gasteiger partial charge in [0, 0.05) is 11.9 Å². The molecule has 27 heavy (non-hydrogen) atoms. The molecule has 0 atom stereocenters. The zero-order valence-corrected chi connectivity index (χ0v) is 16.4. The van der Waals surface area contributed by atoms with Gasteiger partial charge >= 0.3 is 0 Å². The summed E-state index contributed by atoms with van der Waals surface area (Å²) < 4.78 is 0. The van der Waals surface area contributed by atoms with Crippen LogP contribution in [0, 0.1) is 18.3 Å². The largest absolute Gasteiger partial charge is 0.337 e. The van der Waals surface area contributed by atoms with Crippen molar-refractivity contribution in [3.63, 3.8) is 0 Å². The normalized spacial score (nSPS) is 14.9. The number of hydrogen-bond donors (Lipinski definition) is 1. The van der Waals surface area contributed by atoms with Crippen LogP contribution in [-0.2, 0) is 4.79 Å². The highest BCUT2D eigenvalue weighted by Gasteiger charge is 2.27. The number of carbonyl (C=O) groups excluding carboxylic acids is 1. The van der Waals surface area contributed by atoms with Crippen molar-refractivity contribution in [1.82, 2.24) is 9.97 Å². The van der Waals surface area contributed by atoms with E-state index >= 15 is 0 Å². The summed E-state index contributed by atoms with van der Waals surface area (Å²) in [6.07, 6.45) is 0. The number of hydrogen-bond acceptors (Lipinski definition) is 6. The van der Waals surface area contributed by atoms with Gasteiger partial charge in [0.15, 0.2) is 10.9 Å². The minimum atomic E-state index is -0.193. The van der Waals surface area contributed by atoms with Crippen molar-refractivity contribution in [2.75, 3.05) is 17.7 Å². The zero-order valence-electron chi connectivity index (χ0n) is 14.8. The van der Waals surface area contributed by atoms with E-state index in [9.17, 15) is 10.1 Å². The summed E-state index contributed by atoms with van der Waals surface area (Å²) in [5.74, 6) is -0.0306. The van der Waals surface area contributed by atoms with Crippen LogP contribution in [0.25, 0.3) is 11.0 Å². The molecule has 0 amide bonds. The number of ketones is 1. The van der Waals surface area contributed by atoms with Crippen molar-refractivity contribution in [1.29, 1.82) is 5.26 Å². The van der Waals surface area contributed by atoms with Crippen LogP contribution < -0.4 is 4.90 Å². The van der Waals surface area contributed by atoms with Crippen molar-refractivity contribution in [3.05, 3.63) is 58.6 Å². The Kier molecular flexibility index (Phi) is 4.68. The molecule has 0 unspecified atom stereocenters. The van der Waals surface area contributed by atoms with Gasteiger partial charge in [-0.2, -0.15) is 5.26 Å². The van der Waals surface area contributed by atoms with Gasteiger partial charge in [-0.05, 0) is 36.8 Å². The Bertz CT molecular complexity index is 1130. The number of para-hydroxylation sites is 1. The van der Waals surface area contributed by atoms with Gasteiger partial charge in [-0.1, -0.05) is 41.7 Å². The summed E-state index contributed by atoms with van der Waals surface area (Å²) >= 11 is 2.78. The summed E-state index contributed by atoms with van der Waals surface area (Å²) in [6.45, 7) is 2.02. The number of aromatic nitrogens is 2. The lowest BCUT2D eigenvalue weighted by molar-refractivity contribution is -0.112. The molecule has 2 heterocycles. The van der Waals surface area contributed by atoms with E-state index in [2.05, 4.69) is 16.0 Å². The first-order chi connectivity index (χ1) is 13.1. The standard InChI is InChI=1S/C20H16N4OS2/c1-12-7-8-14-15(9-12)23-20(22-14)26-11-17(25)13(10-21)19-24(2)16-5-3-4-6-18(16)27-19/h3-9H,11H2,1-2H3,(H,22,23)/b19-13-. The first kappa shape index (κ1) is 17.7. The average Bonchev–Trinajstić information content (AvgIpc) is 3.22. The Morgan fingerprint density at radius 2 is 2.15 bits per heavy atom. The van der Waals surface area contributed by atoms with Crippen LogP contribution in [0.4, 0.5) is 5.69 Å². The number of anilines is 1. The smallest absolute Gasteiger partial charge is 0.186 e. The molecule has 2 aromatic carbocycles. The number of rotatable bonds is 4. The quantitative estimate of drug-likeness (QED) is 0.400. The fourth-order valence-electron chi connectivity index (χ4n) is 2.93. The van der Waals surface area contributed by atoms with Gasteiger partial charge in [0.2, 0.25) is 0 Å². The van der Waals surface area contributed by atoms with E-state index in [1.807, 2.05) is 61.3 Å². The molecule has 0 spiro atoms. The maximum Gasteiger partial charge on any atom is 0.186 e. The first-order valence-electron chi connectivity index (χ1n) is 8.34. The number of Topliss-reactive ketones (excluding diaryl/α,β-unsaturated/α-hetero) is 1. The molecule has 0 aliphatic carbocycles. The first-order valence-corrected chi connectivity index (χ1v) is 10.1. The number of carbonyl (C=O) groups is 1. The number of H-pyrrole nitrogens is 1. The van der Waals surface area contributed by atoms with E-state index in [1.54, 1.807) is 0 Å². The molecule has 0 bridgehead atoms. The van der Waals surface area contributed by atoms with Crippen molar-refractivity contribution < 1.29 is 4.79 Å². The molecule has 3 aromatic rings. The molecule has 1 aliphatic rings. The van der Waals surface area contributed by atoms with Crippen LogP contribution in [0.15, 0.2) is 63.1 Å². The Morgan fingerprint density at radius 1 is 1.33 bits per heavy atom. The number of nitrogens with zero attached hydrogens (tertiary/aromatic N) is 3. The molecule has 1 N–H and O–H groups in total. The van der Waals surface area contributed by atoms with Crippen LogP contribution in [0.3, 0.4) is 0 Å². The van der Waals surface area contributed by atoms with Gasteiger partial charge in [-0.25, -0.2) is 4.98 Å². The summed E-state index contributed by atoms with van der Waals surface area (Å²) in [5.41, 5.74) is 4.17. The molecule has 1 aromatic heterocycles. The van der Waals surface area contributed by atoms with Gasteiger partial charge in [-0.3, -0.25) is 4.79 Å². The molecule has 134 valence electrons. The van der Waals surface area contributed by atoms with E-state index in [1.165, 1.54) is 23.5 Å². The highest BCUT2D eigenvalue weighted by Crippen LogP contribution is 2.46. The lowest BCUT2D eigenvalue weighted by atomic mass is 10.2. The maximum absolute atomic E-state index is 12.7. The van der Waals surface area contributed by atoms with Crippen LogP contribution >= 0.6 is 23.5 Å². The summed E-state index contributed by atoms with van der Waals surface area (Å²) in [7, 11) is 1.88. The van der Waals surface area contributed by atoms with E-state index in [0.29, 0.717) is 10.2 Å². The van der Waals surface area contributed by atoms with Gasteiger partial charge in [0.05, 0.1) is 22.5 Å². The van der Waals surface area contributed by atoms with E-state index < -0.39 is 0 Å².